The second kappa shape index (κ2) is 51.1. The Morgan fingerprint density at radius 3 is 1.24 bits per heavy atom. The molecule has 396 valence electrons. The smallest absolute Gasteiger partial charge is 0.361 e. The van der Waals surface area contributed by atoms with Gasteiger partial charge in [0, 0.05) is 12.8 Å². The van der Waals surface area contributed by atoms with Crippen LogP contribution in [0.1, 0.15) is 187 Å². The highest BCUT2D eigenvalue weighted by Crippen LogP contribution is 2.12. The van der Waals surface area contributed by atoms with E-state index >= 15 is 0 Å². The van der Waals surface area contributed by atoms with E-state index in [9.17, 15) is 19.5 Å². The second-order valence-corrected chi connectivity index (χ2v) is 18.8. The second-order valence-electron chi connectivity index (χ2n) is 18.8. The standard InChI is InChI=1S/C61H99NO8/c1-6-8-10-12-14-16-18-20-22-23-24-25-26-27-28-29-30-31-32-33-34-35-36-37-38-40-42-44-46-48-50-52-59(64)70-57(56-69-61(60(65)66)67-54-53-62(3,4)5)55-68-58(63)51-49-47-45-43-41-39-21-19-17-15-13-11-9-7-2/h8,10,14,16,19-22,24-25,27-28,30-31,33-34,36-37,40,42,57,61H,6-7,9,11-13,15,17-18,23,26,29,32,35,38-39,41,43-56H2,1-5H3/p+1/b10-8-,16-14-,21-19-,22-20-,25-24-,28-27-,31-30-,34-33-,37-36-,42-40-. The van der Waals surface area contributed by atoms with E-state index in [0.29, 0.717) is 17.4 Å². The molecule has 9 nitrogen and oxygen atoms in total. The Morgan fingerprint density at radius 2 is 0.814 bits per heavy atom. The molecule has 2 unspecified atom stereocenters. The number of carbonyl (C=O) groups is 3. The van der Waals surface area contributed by atoms with Crippen LogP contribution < -0.4 is 0 Å². The Hall–Kier alpha value is -4.31. The van der Waals surface area contributed by atoms with Crippen molar-refractivity contribution in [2.24, 2.45) is 0 Å². The van der Waals surface area contributed by atoms with E-state index < -0.39 is 24.3 Å². The topological polar surface area (TPSA) is 108 Å². The number of carbonyl (C=O) groups excluding carboxylic acids is 2. The van der Waals surface area contributed by atoms with Gasteiger partial charge in [-0.25, -0.2) is 4.79 Å². The van der Waals surface area contributed by atoms with Crippen molar-refractivity contribution in [3.05, 3.63) is 122 Å². The Bertz CT molecular complexity index is 1560. The SMILES string of the molecule is CC/C=C\C/C=C\C/C=C\C/C=C\C/C=C\C/C=C\C/C=C\C/C=C\C/C=C\CCCCCC(=O)OC(COC(=O)CCCCCCC/C=C\CCCCCCC)COC(OCC[N+](C)(C)C)C(=O)O. The van der Waals surface area contributed by atoms with Gasteiger partial charge in [-0.2, -0.15) is 0 Å². The molecule has 0 amide bonds. The van der Waals surface area contributed by atoms with E-state index in [1.807, 2.05) is 21.1 Å². The van der Waals surface area contributed by atoms with E-state index in [2.05, 4.69) is 135 Å². The Morgan fingerprint density at radius 1 is 0.443 bits per heavy atom. The number of aliphatic carboxylic acids is 1. The molecule has 0 aromatic rings. The van der Waals surface area contributed by atoms with E-state index in [1.165, 1.54) is 38.5 Å². The highest BCUT2D eigenvalue weighted by Gasteiger charge is 2.25. The number of carboxylic acids is 1. The minimum absolute atomic E-state index is 0.173. The van der Waals surface area contributed by atoms with Gasteiger partial charge in [-0.1, -0.05) is 187 Å². The van der Waals surface area contributed by atoms with Crippen molar-refractivity contribution in [2.75, 3.05) is 47.5 Å². The van der Waals surface area contributed by atoms with Gasteiger partial charge in [-0.15, -0.1) is 0 Å². The maximum Gasteiger partial charge on any atom is 0.361 e. The molecule has 70 heavy (non-hydrogen) atoms. The summed E-state index contributed by atoms with van der Waals surface area (Å²) in [5.41, 5.74) is 0. The van der Waals surface area contributed by atoms with Gasteiger partial charge < -0.3 is 28.5 Å². The number of esters is 2. The summed E-state index contributed by atoms with van der Waals surface area (Å²) in [6, 6.07) is 0. The number of rotatable bonds is 48. The molecule has 0 fully saturated rings. The molecular weight excluding hydrogens is 875 g/mol. The number of hydrogen-bond acceptors (Lipinski definition) is 7. The lowest BCUT2D eigenvalue weighted by Crippen LogP contribution is -2.40. The molecule has 0 heterocycles. The third kappa shape index (κ3) is 51.5. The van der Waals surface area contributed by atoms with Crippen LogP contribution in [0.3, 0.4) is 0 Å². The molecule has 0 saturated heterocycles. The van der Waals surface area contributed by atoms with Crippen molar-refractivity contribution < 1.29 is 42.9 Å². The number of likely N-dealkylation sites (N-methyl/N-ethyl adjacent to an activating group) is 1. The lowest BCUT2D eigenvalue weighted by Gasteiger charge is -2.25. The van der Waals surface area contributed by atoms with Crippen molar-refractivity contribution in [3.8, 4) is 0 Å². The Balaban J connectivity index is 4.38. The van der Waals surface area contributed by atoms with Crippen LogP contribution in [0.2, 0.25) is 0 Å². The summed E-state index contributed by atoms with van der Waals surface area (Å²) >= 11 is 0. The average molecular weight is 975 g/mol. The number of allylic oxidation sites excluding steroid dienone is 20. The van der Waals surface area contributed by atoms with Crippen molar-refractivity contribution in [1.29, 1.82) is 0 Å². The van der Waals surface area contributed by atoms with Gasteiger partial charge in [0.05, 0.1) is 34.4 Å². The fourth-order valence-corrected chi connectivity index (χ4v) is 6.76. The molecule has 0 aromatic carbocycles. The fraction of sp³-hybridized carbons (Fsp3) is 0.623. The number of nitrogens with zero attached hydrogens (tertiary/aromatic N) is 1. The summed E-state index contributed by atoms with van der Waals surface area (Å²) < 4.78 is 22.8. The van der Waals surface area contributed by atoms with Gasteiger partial charge >= 0.3 is 17.9 Å². The van der Waals surface area contributed by atoms with Gasteiger partial charge in [0.15, 0.2) is 6.10 Å². The van der Waals surface area contributed by atoms with Crippen LogP contribution in [-0.2, 0) is 33.3 Å². The lowest BCUT2D eigenvalue weighted by molar-refractivity contribution is -0.870. The molecule has 0 rings (SSSR count). The van der Waals surface area contributed by atoms with E-state index in [1.54, 1.807) is 0 Å². The number of ether oxygens (including phenoxy) is 4. The average Bonchev–Trinajstić information content (AvgIpc) is 3.33. The predicted molar refractivity (Wildman–Crippen MR) is 294 cm³/mol. The van der Waals surface area contributed by atoms with E-state index in [0.717, 1.165) is 116 Å². The molecule has 0 spiro atoms. The van der Waals surface area contributed by atoms with Gasteiger partial charge in [0.2, 0.25) is 0 Å². The van der Waals surface area contributed by atoms with Crippen LogP contribution in [0.5, 0.6) is 0 Å². The molecule has 0 radical (unpaired) electrons. The number of carboxylic acid groups (broad SMARTS) is 1. The summed E-state index contributed by atoms with van der Waals surface area (Å²) in [4.78, 5) is 37.3. The van der Waals surface area contributed by atoms with Gasteiger partial charge in [-0.3, -0.25) is 9.59 Å². The van der Waals surface area contributed by atoms with Crippen LogP contribution in [0.4, 0.5) is 0 Å². The minimum atomic E-state index is -1.53. The zero-order chi connectivity index (χ0) is 51.3. The monoisotopic (exact) mass is 975 g/mol. The molecule has 0 bridgehead atoms. The Kier molecular flexibility index (Phi) is 47.9. The zero-order valence-corrected chi connectivity index (χ0v) is 44.9. The minimum Gasteiger partial charge on any atom is -0.477 e. The van der Waals surface area contributed by atoms with Crippen LogP contribution >= 0.6 is 0 Å². The molecule has 2 atom stereocenters. The first-order chi connectivity index (χ1) is 34.1. The summed E-state index contributed by atoms with van der Waals surface area (Å²) in [7, 11) is 5.94. The van der Waals surface area contributed by atoms with Crippen LogP contribution in [0, 0.1) is 0 Å². The fourth-order valence-electron chi connectivity index (χ4n) is 6.76. The van der Waals surface area contributed by atoms with Gasteiger partial charge in [-0.05, 0) is 109 Å². The van der Waals surface area contributed by atoms with Crippen molar-refractivity contribution in [3.63, 3.8) is 0 Å². The predicted octanol–water partition coefficient (Wildman–Crippen LogP) is 15.7. The number of hydrogen-bond donors (Lipinski definition) is 1. The van der Waals surface area contributed by atoms with Crippen molar-refractivity contribution >= 4 is 17.9 Å². The molecule has 0 aliphatic rings. The number of unbranched alkanes of at least 4 members (excludes halogenated alkanes) is 13. The summed E-state index contributed by atoms with van der Waals surface area (Å²) in [5.74, 6) is -2.08. The summed E-state index contributed by atoms with van der Waals surface area (Å²) in [5, 5.41) is 9.67. The molecule has 0 saturated carbocycles. The van der Waals surface area contributed by atoms with Crippen molar-refractivity contribution in [1.82, 2.24) is 0 Å². The quantitative estimate of drug-likeness (QED) is 0.0211. The first-order valence-corrected chi connectivity index (χ1v) is 27.2. The number of quaternary nitrogens is 1. The van der Waals surface area contributed by atoms with Crippen LogP contribution in [0.15, 0.2) is 122 Å². The lowest BCUT2D eigenvalue weighted by atomic mass is 10.1. The first kappa shape index (κ1) is 65.7. The van der Waals surface area contributed by atoms with Gasteiger partial charge in [0.25, 0.3) is 6.29 Å². The molecule has 1 N–H and O–H groups in total. The summed E-state index contributed by atoms with van der Waals surface area (Å²) in [6.45, 7) is 4.67. The van der Waals surface area contributed by atoms with Crippen LogP contribution in [-0.4, -0.2) is 87.4 Å². The van der Waals surface area contributed by atoms with Gasteiger partial charge in [0.1, 0.15) is 13.2 Å². The van der Waals surface area contributed by atoms with Crippen molar-refractivity contribution in [2.45, 2.75) is 200 Å². The van der Waals surface area contributed by atoms with Crippen LogP contribution in [0.25, 0.3) is 0 Å². The highest BCUT2D eigenvalue weighted by atomic mass is 16.7. The molecule has 9 heteroatoms. The third-order valence-electron chi connectivity index (χ3n) is 11.0. The molecule has 0 aliphatic carbocycles. The largest absolute Gasteiger partial charge is 0.477 e. The van der Waals surface area contributed by atoms with E-state index in [4.69, 9.17) is 18.9 Å². The zero-order valence-electron chi connectivity index (χ0n) is 44.9. The normalized spacial score (nSPS) is 13.8. The molecular formula is C61H100NO8+. The maximum absolute atomic E-state index is 12.8. The molecule has 0 aromatic heterocycles. The summed E-state index contributed by atoms with van der Waals surface area (Å²) in [6.07, 6.45) is 68.4. The molecule has 0 aliphatic heterocycles. The Labute approximate surface area is 427 Å². The van der Waals surface area contributed by atoms with E-state index in [-0.39, 0.29) is 38.6 Å². The highest BCUT2D eigenvalue weighted by molar-refractivity contribution is 5.71. The maximum atomic E-state index is 12.8. The third-order valence-corrected chi connectivity index (χ3v) is 11.0. The first-order valence-electron chi connectivity index (χ1n) is 27.2.